The normalized spacial score (nSPS) is 18.7. The number of aliphatic imine (C=N–C) groups is 1. The number of Topliss-reactive ketones (excluding diaryl/α,β-unsaturated/α-hetero) is 1. The van der Waals surface area contributed by atoms with Crippen LogP contribution in [0.4, 0.5) is 11.4 Å². The van der Waals surface area contributed by atoms with Crippen LogP contribution < -0.4 is 5.32 Å². The Kier molecular flexibility index (Phi) is 3.60. The Labute approximate surface area is 148 Å². The lowest BCUT2D eigenvalue weighted by atomic mass is 9.74. The number of fused-ring (bicyclic) bond motifs is 1. The number of anilines is 1. The number of hydrogen-bond donors (Lipinski definition) is 1. The van der Waals surface area contributed by atoms with Crippen LogP contribution in [0.3, 0.4) is 0 Å². The number of ketones is 1. The van der Waals surface area contributed by atoms with Crippen molar-refractivity contribution in [3.63, 3.8) is 0 Å². The number of carbonyl (C=O) groups excluding carboxylic acids is 1. The van der Waals surface area contributed by atoms with Crippen molar-refractivity contribution in [1.82, 2.24) is 0 Å². The number of nitrogens with one attached hydrogen (secondary N) is 1. The molecule has 1 N–H and O–H groups in total. The predicted octanol–water partition coefficient (Wildman–Crippen LogP) is 5.18. The highest BCUT2D eigenvalue weighted by molar-refractivity contribution is 6.30. The minimum Gasteiger partial charge on any atom is -0.356 e. The van der Waals surface area contributed by atoms with Gasteiger partial charge in [-0.2, -0.15) is 0 Å². The van der Waals surface area contributed by atoms with Gasteiger partial charge in [0, 0.05) is 17.7 Å². The summed E-state index contributed by atoms with van der Waals surface area (Å²) >= 11 is 0. The Balaban J connectivity index is 1.95. The zero-order chi connectivity index (χ0) is 17.6. The summed E-state index contributed by atoms with van der Waals surface area (Å²) in [5.41, 5.74) is 6.51. The summed E-state index contributed by atoms with van der Waals surface area (Å²) in [6.07, 6.45) is 1.39. The molecule has 0 unspecified atom stereocenters. The monoisotopic (exact) mass is 330 g/mol. The fourth-order valence-corrected chi connectivity index (χ4v) is 3.64. The molecule has 126 valence electrons. The molecular formula is C22H22N2O. The van der Waals surface area contributed by atoms with E-state index in [1.165, 1.54) is 5.56 Å². The average molecular weight is 330 g/mol. The molecule has 1 aliphatic carbocycles. The molecule has 2 aromatic carbocycles. The Morgan fingerprint density at radius 1 is 1.00 bits per heavy atom. The lowest BCUT2D eigenvalue weighted by molar-refractivity contribution is -0.117. The summed E-state index contributed by atoms with van der Waals surface area (Å²) in [4.78, 5) is 17.9. The maximum absolute atomic E-state index is 13.0. The van der Waals surface area contributed by atoms with Gasteiger partial charge in [0.25, 0.3) is 0 Å². The SMILES string of the molecule is Cc1ccc(C2=Nc3ccccc3NC3=C2C(=O)CC(C)(C)C3)cc1. The molecule has 3 heteroatoms. The summed E-state index contributed by atoms with van der Waals surface area (Å²) in [5, 5.41) is 3.50. The number of hydrogen-bond acceptors (Lipinski definition) is 3. The lowest BCUT2D eigenvalue weighted by Gasteiger charge is -2.32. The van der Waals surface area contributed by atoms with Crippen molar-refractivity contribution in [3.8, 4) is 0 Å². The molecule has 0 atom stereocenters. The smallest absolute Gasteiger partial charge is 0.167 e. The van der Waals surface area contributed by atoms with E-state index in [9.17, 15) is 4.79 Å². The van der Waals surface area contributed by atoms with Crippen molar-refractivity contribution < 1.29 is 4.79 Å². The third-order valence-electron chi connectivity index (χ3n) is 4.86. The molecule has 0 fully saturated rings. The van der Waals surface area contributed by atoms with E-state index in [0.29, 0.717) is 6.42 Å². The second-order valence-corrected chi connectivity index (χ2v) is 7.76. The number of aryl methyl sites for hydroxylation is 1. The van der Waals surface area contributed by atoms with Crippen LogP contribution in [0.1, 0.15) is 37.8 Å². The van der Waals surface area contributed by atoms with Crippen molar-refractivity contribution in [2.45, 2.75) is 33.6 Å². The Bertz CT molecular complexity index is 917. The van der Waals surface area contributed by atoms with Gasteiger partial charge in [-0.15, -0.1) is 0 Å². The van der Waals surface area contributed by atoms with Gasteiger partial charge in [0.15, 0.2) is 5.78 Å². The number of allylic oxidation sites excluding steroid dienone is 2. The van der Waals surface area contributed by atoms with Gasteiger partial charge in [-0.25, -0.2) is 4.99 Å². The van der Waals surface area contributed by atoms with Crippen LogP contribution in [0.25, 0.3) is 0 Å². The summed E-state index contributed by atoms with van der Waals surface area (Å²) < 4.78 is 0. The molecule has 0 spiro atoms. The van der Waals surface area contributed by atoms with Gasteiger partial charge in [0.1, 0.15) is 0 Å². The molecular weight excluding hydrogens is 308 g/mol. The third kappa shape index (κ3) is 2.91. The van der Waals surface area contributed by atoms with Crippen LogP contribution in [0, 0.1) is 12.3 Å². The Hall–Kier alpha value is -2.68. The van der Waals surface area contributed by atoms with Gasteiger partial charge in [-0.3, -0.25) is 4.79 Å². The van der Waals surface area contributed by atoms with Crippen LogP contribution in [0.2, 0.25) is 0 Å². The minimum atomic E-state index is -0.0411. The molecule has 2 aliphatic rings. The maximum Gasteiger partial charge on any atom is 0.167 e. The lowest BCUT2D eigenvalue weighted by Crippen LogP contribution is -2.31. The zero-order valence-electron chi connectivity index (χ0n) is 14.9. The molecule has 0 aromatic heterocycles. The van der Waals surface area contributed by atoms with E-state index in [1.54, 1.807) is 0 Å². The van der Waals surface area contributed by atoms with E-state index in [-0.39, 0.29) is 11.2 Å². The number of benzene rings is 2. The molecule has 0 radical (unpaired) electrons. The van der Waals surface area contributed by atoms with E-state index in [2.05, 4.69) is 50.4 Å². The highest BCUT2D eigenvalue weighted by Crippen LogP contribution is 2.42. The van der Waals surface area contributed by atoms with Crippen LogP contribution in [0.5, 0.6) is 0 Å². The molecule has 25 heavy (non-hydrogen) atoms. The molecule has 4 rings (SSSR count). The molecule has 0 saturated carbocycles. The van der Waals surface area contributed by atoms with E-state index in [1.807, 2.05) is 24.3 Å². The summed E-state index contributed by atoms with van der Waals surface area (Å²) in [6.45, 7) is 6.36. The molecule has 1 aliphatic heterocycles. The molecule has 0 amide bonds. The van der Waals surface area contributed by atoms with Crippen LogP contribution >= 0.6 is 0 Å². The molecule has 0 bridgehead atoms. The summed E-state index contributed by atoms with van der Waals surface area (Å²) in [6, 6.07) is 16.2. The maximum atomic E-state index is 13.0. The van der Waals surface area contributed by atoms with Gasteiger partial charge < -0.3 is 5.32 Å². The van der Waals surface area contributed by atoms with Gasteiger partial charge in [0.2, 0.25) is 0 Å². The number of rotatable bonds is 1. The van der Waals surface area contributed by atoms with Crippen molar-refractivity contribution in [3.05, 3.63) is 70.9 Å². The van der Waals surface area contributed by atoms with Crippen LogP contribution in [-0.4, -0.2) is 11.5 Å². The fraction of sp³-hybridized carbons (Fsp3) is 0.273. The molecule has 2 aromatic rings. The number of nitrogens with zero attached hydrogens (tertiary/aromatic N) is 1. The summed E-state index contributed by atoms with van der Waals surface area (Å²) in [5.74, 6) is 0.172. The minimum absolute atomic E-state index is 0.0411. The van der Waals surface area contributed by atoms with Crippen LogP contribution in [-0.2, 0) is 4.79 Å². The second kappa shape index (κ2) is 5.69. The largest absolute Gasteiger partial charge is 0.356 e. The molecule has 1 heterocycles. The first kappa shape index (κ1) is 15.8. The van der Waals surface area contributed by atoms with E-state index < -0.39 is 0 Å². The van der Waals surface area contributed by atoms with E-state index >= 15 is 0 Å². The average Bonchev–Trinajstić information content (AvgIpc) is 2.70. The van der Waals surface area contributed by atoms with Gasteiger partial charge in [0.05, 0.1) is 22.7 Å². The topological polar surface area (TPSA) is 41.5 Å². The number of carbonyl (C=O) groups is 1. The van der Waals surface area contributed by atoms with Crippen molar-refractivity contribution in [2.75, 3.05) is 5.32 Å². The summed E-state index contributed by atoms with van der Waals surface area (Å²) in [7, 11) is 0. The Morgan fingerprint density at radius 3 is 2.48 bits per heavy atom. The van der Waals surface area contributed by atoms with Crippen LogP contribution in [0.15, 0.2) is 64.8 Å². The van der Waals surface area contributed by atoms with Crippen molar-refractivity contribution >= 4 is 22.9 Å². The highest BCUT2D eigenvalue weighted by Gasteiger charge is 2.36. The van der Waals surface area contributed by atoms with Crippen molar-refractivity contribution in [2.24, 2.45) is 10.4 Å². The second-order valence-electron chi connectivity index (χ2n) is 7.76. The van der Waals surface area contributed by atoms with Crippen molar-refractivity contribution in [1.29, 1.82) is 0 Å². The molecule has 0 saturated heterocycles. The van der Waals surface area contributed by atoms with Gasteiger partial charge in [-0.05, 0) is 30.9 Å². The Morgan fingerprint density at radius 2 is 1.72 bits per heavy atom. The van der Waals surface area contributed by atoms with Gasteiger partial charge >= 0.3 is 0 Å². The highest BCUT2D eigenvalue weighted by atomic mass is 16.1. The quantitative estimate of drug-likeness (QED) is 0.782. The zero-order valence-corrected chi connectivity index (χ0v) is 14.9. The third-order valence-corrected chi connectivity index (χ3v) is 4.86. The first-order chi connectivity index (χ1) is 11.9. The van der Waals surface area contributed by atoms with E-state index in [4.69, 9.17) is 4.99 Å². The van der Waals surface area contributed by atoms with E-state index in [0.717, 1.165) is 40.3 Å². The first-order valence-electron chi connectivity index (χ1n) is 8.71. The standard InChI is InChI=1S/C22H22N2O/c1-14-8-10-15(11-9-14)21-20-18(12-22(2,3)13-19(20)25)23-16-6-4-5-7-17(16)24-21/h4-11,23H,12-13H2,1-3H3. The fourth-order valence-electron chi connectivity index (χ4n) is 3.64. The number of para-hydroxylation sites is 2. The predicted molar refractivity (Wildman–Crippen MR) is 102 cm³/mol. The first-order valence-corrected chi connectivity index (χ1v) is 8.71. The molecule has 3 nitrogen and oxygen atoms in total. The van der Waals surface area contributed by atoms with Gasteiger partial charge in [-0.1, -0.05) is 55.8 Å².